The summed E-state index contributed by atoms with van der Waals surface area (Å²) < 4.78 is 6.94. The predicted octanol–water partition coefficient (Wildman–Crippen LogP) is 2.95. The maximum atomic E-state index is 12.0. The van der Waals surface area contributed by atoms with Crippen molar-refractivity contribution in [2.75, 3.05) is 12.4 Å². The molecule has 1 aromatic carbocycles. The van der Waals surface area contributed by atoms with E-state index in [1.54, 1.807) is 11.7 Å². The first-order chi connectivity index (χ1) is 10.5. The molecule has 0 fully saturated rings. The van der Waals surface area contributed by atoms with E-state index >= 15 is 0 Å². The third-order valence-corrected chi connectivity index (χ3v) is 4.27. The summed E-state index contributed by atoms with van der Waals surface area (Å²) in [5, 5.41) is 4.70. The fourth-order valence-corrected chi connectivity index (χ4v) is 2.97. The van der Waals surface area contributed by atoms with Crippen molar-refractivity contribution in [3.05, 3.63) is 44.5 Å². The van der Waals surface area contributed by atoms with Gasteiger partial charge < -0.3 is 14.6 Å². The molecule has 0 aliphatic heterocycles. The summed E-state index contributed by atoms with van der Waals surface area (Å²) in [5.41, 5.74) is 2.67. The number of nitrogens with one attached hydrogen (secondary N) is 1. The lowest BCUT2D eigenvalue weighted by molar-refractivity contribution is -0.116. The highest BCUT2D eigenvalue weighted by molar-refractivity contribution is 7.07. The average Bonchev–Trinajstić information content (AvgIpc) is 2.79. The first kappa shape index (κ1) is 16.3. The minimum Gasteiger partial charge on any atom is -0.495 e. The highest BCUT2D eigenvalue weighted by atomic mass is 32.1. The number of hydrogen-bond donors (Lipinski definition) is 1. The Bertz CT molecular complexity index is 718. The molecule has 5 nitrogen and oxygen atoms in total. The van der Waals surface area contributed by atoms with Crippen molar-refractivity contribution in [3.63, 3.8) is 0 Å². The zero-order valence-corrected chi connectivity index (χ0v) is 13.8. The van der Waals surface area contributed by atoms with Crippen molar-refractivity contribution in [2.24, 2.45) is 0 Å². The van der Waals surface area contributed by atoms with Crippen LogP contribution in [0.2, 0.25) is 0 Å². The molecule has 1 heterocycles. The van der Waals surface area contributed by atoms with E-state index in [9.17, 15) is 9.59 Å². The van der Waals surface area contributed by atoms with E-state index in [2.05, 4.69) is 5.32 Å². The van der Waals surface area contributed by atoms with E-state index in [-0.39, 0.29) is 10.8 Å². The van der Waals surface area contributed by atoms with E-state index in [1.165, 1.54) is 11.3 Å². The van der Waals surface area contributed by atoms with Gasteiger partial charge in [0.25, 0.3) is 0 Å². The molecule has 1 N–H and O–H groups in total. The normalized spacial score (nSPS) is 10.5. The van der Waals surface area contributed by atoms with Gasteiger partial charge in [0.05, 0.1) is 12.8 Å². The van der Waals surface area contributed by atoms with Crippen LogP contribution in [0.1, 0.15) is 24.1 Å². The van der Waals surface area contributed by atoms with Crippen LogP contribution in [-0.4, -0.2) is 17.6 Å². The molecule has 2 rings (SSSR count). The van der Waals surface area contributed by atoms with E-state index in [4.69, 9.17) is 4.74 Å². The third kappa shape index (κ3) is 3.98. The lowest BCUT2D eigenvalue weighted by Gasteiger charge is -2.11. The molecule has 1 amide bonds. The van der Waals surface area contributed by atoms with E-state index in [0.29, 0.717) is 30.8 Å². The van der Waals surface area contributed by atoms with Crippen molar-refractivity contribution in [2.45, 2.75) is 33.2 Å². The second kappa shape index (κ2) is 7.26. The second-order valence-electron chi connectivity index (χ2n) is 5.15. The van der Waals surface area contributed by atoms with E-state index < -0.39 is 0 Å². The molecule has 118 valence electrons. The largest absolute Gasteiger partial charge is 0.495 e. The molecular weight excluding hydrogens is 300 g/mol. The number of anilines is 1. The summed E-state index contributed by atoms with van der Waals surface area (Å²) in [4.78, 5) is 23.7. The number of carbonyl (C=O) groups is 1. The number of thiazole rings is 1. The van der Waals surface area contributed by atoms with E-state index in [1.807, 2.05) is 37.4 Å². The highest BCUT2D eigenvalue weighted by Crippen LogP contribution is 2.25. The lowest BCUT2D eigenvalue weighted by atomic mass is 10.2. The molecule has 0 atom stereocenters. The molecule has 0 bridgehead atoms. The van der Waals surface area contributed by atoms with Crippen LogP contribution in [0.15, 0.2) is 28.4 Å². The van der Waals surface area contributed by atoms with Gasteiger partial charge in [0.15, 0.2) is 0 Å². The number of aromatic nitrogens is 1. The summed E-state index contributed by atoms with van der Waals surface area (Å²) >= 11 is 1.19. The van der Waals surface area contributed by atoms with Gasteiger partial charge in [0.1, 0.15) is 5.75 Å². The number of amides is 1. The summed E-state index contributed by atoms with van der Waals surface area (Å²) in [7, 11) is 1.58. The van der Waals surface area contributed by atoms with Crippen LogP contribution in [-0.2, 0) is 11.3 Å². The van der Waals surface area contributed by atoms with Crippen molar-refractivity contribution in [1.29, 1.82) is 0 Å². The monoisotopic (exact) mass is 320 g/mol. The molecule has 0 saturated heterocycles. The summed E-state index contributed by atoms with van der Waals surface area (Å²) in [5.74, 6) is 0.564. The first-order valence-electron chi connectivity index (χ1n) is 7.10. The zero-order chi connectivity index (χ0) is 16.1. The summed E-state index contributed by atoms with van der Waals surface area (Å²) in [6, 6.07) is 5.64. The Hall–Kier alpha value is -2.08. The first-order valence-corrected chi connectivity index (χ1v) is 7.98. The number of ether oxygens (including phenoxy) is 1. The van der Waals surface area contributed by atoms with Gasteiger partial charge in [0, 0.05) is 24.0 Å². The van der Waals surface area contributed by atoms with Gasteiger partial charge in [-0.15, -0.1) is 0 Å². The van der Waals surface area contributed by atoms with Crippen LogP contribution in [0, 0.1) is 13.8 Å². The molecule has 22 heavy (non-hydrogen) atoms. The van der Waals surface area contributed by atoms with Crippen molar-refractivity contribution < 1.29 is 9.53 Å². The molecule has 6 heteroatoms. The van der Waals surface area contributed by atoms with Crippen LogP contribution >= 0.6 is 11.3 Å². The molecule has 0 aliphatic rings. The Labute approximate surface area is 133 Å². The van der Waals surface area contributed by atoms with Crippen LogP contribution in [0.4, 0.5) is 5.69 Å². The SMILES string of the molecule is COc1ccc(C)cc1NC(=O)CCCn1c(C)csc1=O. The minimum absolute atomic E-state index is 0.0262. The Kier molecular flexibility index (Phi) is 5.38. The smallest absolute Gasteiger partial charge is 0.307 e. The Morgan fingerprint density at radius 1 is 1.36 bits per heavy atom. The standard InChI is InChI=1S/C16H20N2O3S/c1-11-6-7-14(21-3)13(9-11)17-15(19)5-4-8-18-12(2)10-22-16(18)20/h6-7,9-10H,4-5,8H2,1-3H3,(H,17,19). The quantitative estimate of drug-likeness (QED) is 0.890. The zero-order valence-electron chi connectivity index (χ0n) is 13.0. The Morgan fingerprint density at radius 2 is 2.14 bits per heavy atom. The van der Waals surface area contributed by atoms with Crippen LogP contribution < -0.4 is 14.9 Å². The maximum Gasteiger partial charge on any atom is 0.307 e. The average molecular weight is 320 g/mol. The highest BCUT2D eigenvalue weighted by Gasteiger charge is 2.09. The molecule has 0 radical (unpaired) electrons. The van der Waals surface area contributed by atoms with Gasteiger partial charge in [-0.05, 0) is 38.0 Å². The van der Waals surface area contributed by atoms with Gasteiger partial charge in [-0.1, -0.05) is 17.4 Å². The number of aryl methyl sites for hydroxylation is 2. The van der Waals surface area contributed by atoms with E-state index in [0.717, 1.165) is 11.3 Å². The topological polar surface area (TPSA) is 60.3 Å². The second-order valence-corrected chi connectivity index (χ2v) is 5.97. The predicted molar refractivity (Wildman–Crippen MR) is 88.9 cm³/mol. The fraction of sp³-hybridized carbons (Fsp3) is 0.375. The summed E-state index contributed by atoms with van der Waals surface area (Å²) in [6.45, 7) is 4.42. The number of rotatable bonds is 6. The number of carbonyl (C=O) groups excluding carboxylic acids is 1. The van der Waals surface area contributed by atoms with Gasteiger partial charge in [0.2, 0.25) is 5.91 Å². The molecule has 0 aliphatic carbocycles. The number of hydrogen-bond acceptors (Lipinski definition) is 4. The van der Waals surface area contributed by atoms with Crippen LogP contribution in [0.5, 0.6) is 5.75 Å². The van der Waals surface area contributed by atoms with Gasteiger partial charge in [-0.25, -0.2) is 0 Å². The summed E-state index contributed by atoms with van der Waals surface area (Å²) in [6.07, 6.45) is 0.982. The number of nitrogens with zero attached hydrogens (tertiary/aromatic N) is 1. The van der Waals surface area contributed by atoms with Crippen LogP contribution in [0.25, 0.3) is 0 Å². The molecule has 2 aromatic rings. The molecule has 0 unspecified atom stereocenters. The van der Waals surface area contributed by atoms with Gasteiger partial charge in [-0.3, -0.25) is 9.59 Å². The maximum absolute atomic E-state index is 12.0. The number of benzene rings is 1. The Morgan fingerprint density at radius 3 is 2.77 bits per heavy atom. The van der Waals surface area contributed by atoms with Crippen molar-refractivity contribution >= 4 is 22.9 Å². The fourth-order valence-electron chi connectivity index (χ4n) is 2.20. The van der Waals surface area contributed by atoms with Crippen molar-refractivity contribution in [3.8, 4) is 5.75 Å². The molecule has 0 saturated carbocycles. The third-order valence-electron chi connectivity index (χ3n) is 3.39. The Balaban J connectivity index is 1.91. The molecular formula is C16H20N2O3S. The molecule has 1 aromatic heterocycles. The minimum atomic E-state index is -0.0789. The van der Waals surface area contributed by atoms with Crippen molar-refractivity contribution in [1.82, 2.24) is 4.57 Å². The van der Waals surface area contributed by atoms with Gasteiger partial charge in [-0.2, -0.15) is 0 Å². The van der Waals surface area contributed by atoms with Gasteiger partial charge >= 0.3 is 4.87 Å². The van der Waals surface area contributed by atoms with Crippen LogP contribution in [0.3, 0.4) is 0 Å². The lowest BCUT2D eigenvalue weighted by Crippen LogP contribution is -2.17. The molecule has 0 spiro atoms. The number of methoxy groups -OCH3 is 1.